The van der Waals surface area contributed by atoms with Crippen LogP contribution in [0.5, 0.6) is 0 Å². The zero-order chi connectivity index (χ0) is 14.8. The van der Waals surface area contributed by atoms with Crippen LogP contribution < -0.4 is 0 Å². The van der Waals surface area contributed by atoms with Crippen LogP contribution in [0.15, 0.2) is 54.6 Å². The first-order chi connectivity index (χ1) is 10.2. The number of esters is 1. The number of halogens is 1. The molecule has 0 radical (unpaired) electrons. The molecule has 0 saturated carbocycles. The Labute approximate surface area is 127 Å². The van der Waals surface area contributed by atoms with Gasteiger partial charge in [0.1, 0.15) is 5.69 Å². The van der Waals surface area contributed by atoms with Crippen molar-refractivity contribution in [2.24, 2.45) is 0 Å². The average molecular weight is 298 g/mol. The van der Waals surface area contributed by atoms with E-state index in [2.05, 4.69) is 4.98 Å². The Morgan fingerprint density at radius 1 is 1.10 bits per heavy atom. The van der Waals surface area contributed by atoms with Crippen molar-refractivity contribution in [3.05, 3.63) is 65.3 Å². The summed E-state index contributed by atoms with van der Waals surface area (Å²) in [5, 5.41) is 1.52. The number of methoxy groups -OCH3 is 1. The smallest absolute Gasteiger partial charge is 0.356 e. The van der Waals surface area contributed by atoms with Crippen LogP contribution in [0.25, 0.3) is 22.0 Å². The van der Waals surface area contributed by atoms with Gasteiger partial charge >= 0.3 is 5.97 Å². The van der Waals surface area contributed by atoms with E-state index in [0.29, 0.717) is 10.5 Å². The largest absolute Gasteiger partial charge is 0.464 e. The molecule has 4 heteroatoms. The number of pyridine rings is 1. The maximum atomic E-state index is 11.8. The number of carbonyl (C=O) groups excluding carboxylic acids is 1. The Hall–Kier alpha value is -2.39. The molecule has 1 aromatic heterocycles. The van der Waals surface area contributed by atoms with Gasteiger partial charge in [0.25, 0.3) is 0 Å². The van der Waals surface area contributed by atoms with Crippen LogP contribution >= 0.6 is 11.6 Å². The van der Waals surface area contributed by atoms with Crippen molar-refractivity contribution >= 4 is 28.5 Å². The Balaban J connectivity index is 2.33. The van der Waals surface area contributed by atoms with Crippen LogP contribution in [-0.4, -0.2) is 18.1 Å². The summed E-state index contributed by atoms with van der Waals surface area (Å²) in [5.74, 6) is -0.464. The van der Waals surface area contributed by atoms with E-state index in [9.17, 15) is 4.79 Å². The Bertz CT molecular complexity index is 816. The number of nitrogens with zero attached hydrogens (tertiary/aromatic N) is 1. The van der Waals surface area contributed by atoms with Gasteiger partial charge in [-0.15, -0.1) is 0 Å². The maximum Gasteiger partial charge on any atom is 0.356 e. The van der Waals surface area contributed by atoms with E-state index in [1.807, 2.05) is 42.5 Å². The molecule has 0 amide bonds. The van der Waals surface area contributed by atoms with Crippen molar-refractivity contribution in [3.63, 3.8) is 0 Å². The lowest BCUT2D eigenvalue weighted by Gasteiger charge is -2.09. The molecule has 0 unspecified atom stereocenters. The zero-order valence-corrected chi connectivity index (χ0v) is 12.1. The number of ether oxygens (including phenoxy) is 1. The minimum atomic E-state index is -0.464. The first-order valence-corrected chi connectivity index (χ1v) is 6.81. The lowest BCUT2D eigenvalue weighted by molar-refractivity contribution is 0.0594. The Morgan fingerprint density at radius 2 is 1.86 bits per heavy atom. The number of aromatic nitrogens is 1. The van der Waals surface area contributed by atoms with E-state index in [-0.39, 0.29) is 5.69 Å². The second-order valence-corrected chi connectivity index (χ2v) is 5.01. The highest BCUT2D eigenvalue weighted by Gasteiger charge is 2.13. The topological polar surface area (TPSA) is 39.2 Å². The normalized spacial score (nSPS) is 10.6. The molecule has 0 bridgehead atoms. The third-order valence-corrected chi connectivity index (χ3v) is 3.49. The van der Waals surface area contributed by atoms with Gasteiger partial charge < -0.3 is 4.74 Å². The summed E-state index contributed by atoms with van der Waals surface area (Å²) in [7, 11) is 1.34. The van der Waals surface area contributed by atoms with Gasteiger partial charge in [0.15, 0.2) is 0 Å². The minimum absolute atomic E-state index is 0.270. The molecular weight excluding hydrogens is 286 g/mol. The molecule has 0 fully saturated rings. The number of benzene rings is 2. The van der Waals surface area contributed by atoms with Crippen molar-refractivity contribution in [1.82, 2.24) is 4.98 Å². The summed E-state index contributed by atoms with van der Waals surface area (Å²) in [5.41, 5.74) is 2.88. The third-order valence-electron chi connectivity index (χ3n) is 3.25. The molecule has 0 aliphatic carbocycles. The Morgan fingerprint density at radius 3 is 2.57 bits per heavy atom. The predicted octanol–water partition coefficient (Wildman–Crippen LogP) is 4.34. The fraction of sp³-hybridized carbons (Fsp3) is 0.0588. The molecule has 0 aliphatic rings. The van der Waals surface area contributed by atoms with Gasteiger partial charge in [-0.05, 0) is 29.3 Å². The maximum absolute atomic E-state index is 11.8. The van der Waals surface area contributed by atoms with Crippen LogP contribution in [0.3, 0.4) is 0 Å². The average Bonchev–Trinajstić information content (AvgIpc) is 2.53. The molecule has 2 aromatic carbocycles. The highest BCUT2D eigenvalue weighted by atomic mass is 35.5. The van der Waals surface area contributed by atoms with Crippen molar-refractivity contribution in [3.8, 4) is 11.1 Å². The van der Waals surface area contributed by atoms with E-state index >= 15 is 0 Å². The van der Waals surface area contributed by atoms with E-state index in [4.69, 9.17) is 16.3 Å². The fourth-order valence-corrected chi connectivity index (χ4v) is 2.43. The quantitative estimate of drug-likeness (QED) is 0.660. The van der Waals surface area contributed by atoms with Gasteiger partial charge in [-0.2, -0.15) is 0 Å². The zero-order valence-electron chi connectivity index (χ0n) is 11.3. The van der Waals surface area contributed by atoms with Crippen LogP contribution in [0.1, 0.15) is 10.5 Å². The van der Waals surface area contributed by atoms with Crippen LogP contribution in [0, 0.1) is 0 Å². The van der Waals surface area contributed by atoms with Gasteiger partial charge in [0.2, 0.25) is 0 Å². The molecule has 3 aromatic rings. The molecular formula is C17H12ClNO2. The lowest BCUT2D eigenvalue weighted by atomic mass is 10.00. The van der Waals surface area contributed by atoms with E-state index in [1.165, 1.54) is 7.11 Å². The summed E-state index contributed by atoms with van der Waals surface area (Å²) in [6, 6.07) is 17.1. The molecule has 0 aliphatic heterocycles. The van der Waals surface area contributed by atoms with Gasteiger partial charge in [-0.25, -0.2) is 9.78 Å². The van der Waals surface area contributed by atoms with Gasteiger partial charge in [0.05, 0.1) is 12.6 Å². The van der Waals surface area contributed by atoms with E-state index < -0.39 is 5.97 Å². The molecule has 0 atom stereocenters. The second kappa shape index (κ2) is 5.54. The van der Waals surface area contributed by atoms with Crippen molar-refractivity contribution in [2.75, 3.05) is 7.11 Å². The summed E-state index contributed by atoms with van der Waals surface area (Å²) in [4.78, 5) is 16.1. The van der Waals surface area contributed by atoms with Crippen molar-refractivity contribution in [1.29, 1.82) is 0 Å². The van der Waals surface area contributed by atoms with Crippen molar-refractivity contribution < 1.29 is 9.53 Å². The van der Waals surface area contributed by atoms with Crippen LogP contribution in [0.4, 0.5) is 0 Å². The predicted molar refractivity (Wildman–Crippen MR) is 83.5 cm³/mol. The van der Waals surface area contributed by atoms with Gasteiger partial charge in [-0.1, -0.05) is 48.0 Å². The highest BCUT2D eigenvalue weighted by molar-refractivity contribution is 6.31. The van der Waals surface area contributed by atoms with Gasteiger partial charge in [0, 0.05) is 10.4 Å². The molecule has 3 rings (SSSR count). The summed E-state index contributed by atoms with van der Waals surface area (Å²) in [6.07, 6.45) is 0. The molecule has 21 heavy (non-hydrogen) atoms. The molecule has 0 saturated heterocycles. The number of hydrogen-bond acceptors (Lipinski definition) is 3. The first-order valence-electron chi connectivity index (χ1n) is 6.43. The second-order valence-electron chi connectivity index (χ2n) is 4.57. The van der Waals surface area contributed by atoms with Gasteiger partial charge in [-0.3, -0.25) is 0 Å². The molecule has 0 spiro atoms. The third kappa shape index (κ3) is 2.60. The fourth-order valence-electron chi connectivity index (χ4n) is 2.27. The lowest BCUT2D eigenvalue weighted by Crippen LogP contribution is -2.05. The molecule has 3 nitrogen and oxygen atoms in total. The first kappa shape index (κ1) is 13.6. The monoisotopic (exact) mass is 297 g/mol. The SMILES string of the molecule is COC(=O)c1cc(-c2ccccc2)c2ccc(Cl)cc2n1. The summed E-state index contributed by atoms with van der Waals surface area (Å²) in [6.45, 7) is 0. The van der Waals surface area contributed by atoms with Crippen molar-refractivity contribution in [2.45, 2.75) is 0 Å². The van der Waals surface area contributed by atoms with Crippen LogP contribution in [-0.2, 0) is 4.74 Å². The highest BCUT2D eigenvalue weighted by Crippen LogP contribution is 2.30. The summed E-state index contributed by atoms with van der Waals surface area (Å²) < 4.78 is 4.77. The standard InChI is InChI=1S/C17H12ClNO2/c1-21-17(20)16-10-14(11-5-3-2-4-6-11)13-8-7-12(18)9-15(13)19-16/h2-10H,1H3. The molecule has 1 heterocycles. The number of carbonyl (C=O) groups is 1. The van der Waals surface area contributed by atoms with E-state index in [0.717, 1.165) is 16.5 Å². The Kier molecular flexibility index (Phi) is 3.59. The van der Waals surface area contributed by atoms with Crippen LogP contribution in [0.2, 0.25) is 5.02 Å². The number of hydrogen-bond donors (Lipinski definition) is 0. The minimum Gasteiger partial charge on any atom is -0.464 e. The summed E-state index contributed by atoms with van der Waals surface area (Å²) >= 11 is 6.03. The van der Waals surface area contributed by atoms with E-state index in [1.54, 1.807) is 12.1 Å². The number of rotatable bonds is 2. The molecule has 104 valence electrons. The molecule has 0 N–H and O–H groups in total. The number of fused-ring (bicyclic) bond motifs is 1.